The molecule has 37 heavy (non-hydrogen) atoms. The number of aliphatic hydroxyl groups is 1. The third-order valence-corrected chi connectivity index (χ3v) is 5.73. The van der Waals surface area contributed by atoms with E-state index < -0.39 is 47.7 Å². The number of nitrogens with one attached hydrogen (secondary N) is 2. The van der Waals surface area contributed by atoms with Crippen LogP contribution in [0.5, 0.6) is 0 Å². The van der Waals surface area contributed by atoms with E-state index in [1.807, 2.05) is 77.9 Å². The number of ether oxygens (including phenoxy) is 1. The maximum Gasteiger partial charge on any atom is 0.408 e. The Kier molecular flexibility index (Phi) is 9.49. The summed E-state index contributed by atoms with van der Waals surface area (Å²) in [5.74, 6) is -1.01. The second-order valence-electron chi connectivity index (χ2n) is 11.3. The van der Waals surface area contributed by atoms with E-state index in [-0.39, 0.29) is 0 Å². The maximum atomic E-state index is 14.0. The number of anilines is 1. The van der Waals surface area contributed by atoms with Crippen molar-refractivity contribution in [1.29, 1.82) is 0 Å². The molecule has 0 fully saturated rings. The molecule has 0 aliphatic heterocycles. The van der Waals surface area contributed by atoms with E-state index in [0.29, 0.717) is 11.3 Å². The lowest BCUT2D eigenvalue weighted by Crippen LogP contribution is -2.59. The third kappa shape index (κ3) is 8.05. The molecule has 3 N–H and O–H groups in total. The fraction of sp³-hybridized carbons (Fsp3) is 0.483. The zero-order valence-electron chi connectivity index (χ0n) is 23.4. The van der Waals surface area contributed by atoms with Crippen molar-refractivity contribution in [2.45, 2.75) is 85.5 Å². The number of carbonyl (C=O) groups is 3. The molecule has 8 nitrogen and oxygen atoms in total. The molecule has 2 aromatic carbocycles. The minimum absolute atomic E-state index is 0.403. The monoisotopic (exact) mass is 511 g/mol. The number of nitrogens with zero attached hydrogens (tertiary/aromatic N) is 1. The number of hydrogen-bond donors (Lipinski definition) is 3. The zero-order chi connectivity index (χ0) is 28.1. The summed E-state index contributed by atoms with van der Waals surface area (Å²) in [6.45, 7) is 15.6. The number of hydrogen-bond acceptors (Lipinski definition) is 5. The van der Waals surface area contributed by atoms with Gasteiger partial charge >= 0.3 is 6.09 Å². The highest BCUT2D eigenvalue weighted by Crippen LogP contribution is 2.32. The molecule has 202 valence electrons. The molecule has 0 aliphatic carbocycles. The molecular formula is C29H41N3O5. The summed E-state index contributed by atoms with van der Waals surface area (Å²) in [6, 6.07) is 10.8. The van der Waals surface area contributed by atoms with E-state index in [1.165, 1.54) is 4.90 Å². The summed E-state index contributed by atoms with van der Waals surface area (Å²) < 4.78 is 5.29. The van der Waals surface area contributed by atoms with Crippen LogP contribution in [0.3, 0.4) is 0 Å². The van der Waals surface area contributed by atoms with Crippen LogP contribution in [0.4, 0.5) is 10.5 Å². The quantitative estimate of drug-likeness (QED) is 0.495. The van der Waals surface area contributed by atoms with Crippen LogP contribution >= 0.6 is 0 Å². The van der Waals surface area contributed by atoms with E-state index in [4.69, 9.17) is 4.74 Å². The minimum atomic E-state index is -1.31. The molecule has 0 saturated heterocycles. The van der Waals surface area contributed by atoms with Gasteiger partial charge in [-0.1, -0.05) is 48.0 Å². The number of aliphatic hydroxyl groups excluding tert-OH is 1. The summed E-state index contributed by atoms with van der Waals surface area (Å²) >= 11 is 0. The summed E-state index contributed by atoms with van der Waals surface area (Å²) in [7, 11) is 0. The molecule has 8 heteroatoms. The fourth-order valence-electron chi connectivity index (χ4n) is 4.11. The van der Waals surface area contributed by atoms with Gasteiger partial charge < -0.3 is 25.4 Å². The summed E-state index contributed by atoms with van der Waals surface area (Å²) in [5, 5.41) is 15.6. The second kappa shape index (κ2) is 11.8. The Morgan fingerprint density at radius 1 is 0.946 bits per heavy atom. The fourth-order valence-corrected chi connectivity index (χ4v) is 4.11. The predicted octanol–water partition coefficient (Wildman–Crippen LogP) is 4.80. The van der Waals surface area contributed by atoms with Gasteiger partial charge in [-0.2, -0.15) is 0 Å². The highest BCUT2D eigenvalue weighted by Gasteiger charge is 2.42. The number of benzene rings is 2. The van der Waals surface area contributed by atoms with Gasteiger partial charge in [0.05, 0.1) is 6.61 Å². The Bertz CT molecular complexity index is 1110. The van der Waals surface area contributed by atoms with Gasteiger partial charge in [-0.05, 0) is 79.0 Å². The van der Waals surface area contributed by atoms with E-state index in [9.17, 15) is 19.5 Å². The summed E-state index contributed by atoms with van der Waals surface area (Å²) in [6.07, 6.45) is -0.833. The average molecular weight is 512 g/mol. The Morgan fingerprint density at radius 3 is 2.00 bits per heavy atom. The van der Waals surface area contributed by atoms with Gasteiger partial charge in [0.25, 0.3) is 5.91 Å². The molecule has 0 aromatic heterocycles. The van der Waals surface area contributed by atoms with Crippen LogP contribution in [0.2, 0.25) is 0 Å². The first kappa shape index (κ1) is 29.8. The van der Waals surface area contributed by atoms with Gasteiger partial charge in [-0.3, -0.25) is 9.59 Å². The van der Waals surface area contributed by atoms with Crippen LogP contribution < -0.4 is 10.6 Å². The van der Waals surface area contributed by atoms with Crippen molar-refractivity contribution in [3.8, 4) is 0 Å². The Morgan fingerprint density at radius 2 is 1.51 bits per heavy atom. The summed E-state index contributed by atoms with van der Waals surface area (Å²) in [4.78, 5) is 41.8. The molecule has 2 unspecified atom stereocenters. The molecule has 2 atom stereocenters. The zero-order valence-corrected chi connectivity index (χ0v) is 23.4. The molecule has 2 aromatic rings. The summed E-state index contributed by atoms with van der Waals surface area (Å²) in [5.41, 5.74) is 2.36. The van der Waals surface area contributed by atoms with Crippen molar-refractivity contribution in [3.05, 3.63) is 64.7 Å². The number of amides is 3. The van der Waals surface area contributed by atoms with Gasteiger partial charge in [0, 0.05) is 11.2 Å². The van der Waals surface area contributed by atoms with Gasteiger partial charge in [0.2, 0.25) is 5.91 Å². The van der Waals surface area contributed by atoms with Crippen LogP contribution in [-0.4, -0.2) is 51.7 Å². The second-order valence-corrected chi connectivity index (χ2v) is 11.3. The smallest absolute Gasteiger partial charge is 0.408 e. The third-order valence-electron chi connectivity index (χ3n) is 5.73. The number of aryl methyl sites for hydroxylation is 3. The standard InChI is InChI=1S/C29H41N3O5/c1-18-12-10-15-21(16-18)24(25(34)31-23-19(2)13-11-14-20(23)3)32(28(4,5)6)26(35)22(17-33)30-27(36)37-29(7,8)9/h10-16,22,24,33H,17H2,1-9H3,(H,30,36)(H,31,34). The molecule has 0 spiro atoms. The molecule has 0 heterocycles. The van der Waals surface area contributed by atoms with Gasteiger partial charge in [0.15, 0.2) is 0 Å². The minimum Gasteiger partial charge on any atom is -0.444 e. The Labute approximate surface area is 220 Å². The number of alkyl carbamates (subject to hydrolysis) is 1. The van der Waals surface area contributed by atoms with Crippen LogP contribution in [0.15, 0.2) is 42.5 Å². The molecule has 2 rings (SSSR count). The van der Waals surface area contributed by atoms with Gasteiger partial charge in [0.1, 0.15) is 17.7 Å². The van der Waals surface area contributed by atoms with Crippen molar-refractivity contribution in [1.82, 2.24) is 10.2 Å². The van der Waals surface area contributed by atoms with Crippen LogP contribution in [0, 0.1) is 20.8 Å². The molecule has 0 bridgehead atoms. The lowest BCUT2D eigenvalue weighted by Gasteiger charge is -2.43. The molecule has 0 radical (unpaired) electrons. The average Bonchev–Trinajstić information content (AvgIpc) is 2.75. The van der Waals surface area contributed by atoms with Crippen molar-refractivity contribution in [3.63, 3.8) is 0 Å². The van der Waals surface area contributed by atoms with Crippen molar-refractivity contribution >= 4 is 23.6 Å². The van der Waals surface area contributed by atoms with Gasteiger partial charge in [-0.25, -0.2) is 4.79 Å². The largest absolute Gasteiger partial charge is 0.444 e. The lowest BCUT2D eigenvalue weighted by atomic mass is 9.94. The molecule has 0 aliphatic rings. The van der Waals surface area contributed by atoms with Gasteiger partial charge in [-0.15, -0.1) is 0 Å². The van der Waals surface area contributed by atoms with E-state index in [1.54, 1.807) is 26.8 Å². The number of para-hydroxylation sites is 1. The van der Waals surface area contributed by atoms with Crippen LogP contribution in [0.25, 0.3) is 0 Å². The number of carbonyl (C=O) groups excluding carboxylic acids is 3. The Hall–Kier alpha value is -3.39. The number of rotatable bonds is 7. The SMILES string of the molecule is Cc1cccc(C(C(=O)Nc2c(C)cccc2C)N(C(=O)C(CO)NC(=O)OC(C)(C)C)C(C)(C)C)c1. The first-order valence-corrected chi connectivity index (χ1v) is 12.4. The van der Waals surface area contributed by atoms with E-state index in [2.05, 4.69) is 10.6 Å². The lowest BCUT2D eigenvalue weighted by molar-refractivity contribution is -0.147. The topological polar surface area (TPSA) is 108 Å². The first-order valence-electron chi connectivity index (χ1n) is 12.4. The highest BCUT2D eigenvalue weighted by atomic mass is 16.6. The van der Waals surface area contributed by atoms with Crippen molar-refractivity contribution in [2.24, 2.45) is 0 Å². The van der Waals surface area contributed by atoms with Crippen molar-refractivity contribution in [2.75, 3.05) is 11.9 Å². The van der Waals surface area contributed by atoms with Crippen molar-refractivity contribution < 1.29 is 24.2 Å². The van der Waals surface area contributed by atoms with Crippen LogP contribution in [0.1, 0.15) is 69.8 Å². The molecular weight excluding hydrogens is 470 g/mol. The Balaban J connectivity index is 2.57. The van der Waals surface area contributed by atoms with E-state index in [0.717, 1.165) is 16.7 Å². The van der Waals surface area contributed by atoms with E-state index >= 15 is 0 Å². The first-order chi connectivity index (χ1) is 17.0. The van der Waals surface area contributed by atoms with Crippen LogP contribution in [-0.2, 0) is 14.3 Å². The normalized spacial score (nSPS) is 13.4. The maximum absolute atomic E-state index is 14.0. The predicted molar refractivity (Wildman–Crippen MR) is 145 cm³/mol. The highest BCUT2D eigenvalue weighted by molar-refractivity contribution is 6.00. The molecule has 3 amide bonds. The molecule has 0 saturated carbocycles.